The molecule has 39 heavy (non-hydrogen) atoms. The Morgan fingerprint density at radius 1 is 1.05 bits per heavy atom. The van der Waals surface area contributed by atoms with Gasteiger partial charge >= 0.3 is 6.18 Å². The topological polar surface area (TPSA) is 113 Å². The highest BCUT2D eigenvalue weighted by Crippen LogP contribution is 2.35. The summed E-state index contributed by atoms with van der Waals surface area (Å²) in [6.45, 7) is 0.300. The van der Waals surface area contributed by atoms with Gasteiger partial charge in [0.25, 0.3) is 15.9 Å². The number of fused-ring (bicyclic) bond motifs is 4. The van der Waals surface area contributed by atoms with E-state index in [0.29, 0.717) is 25.8 Å². The molecule has 2 heterocycles. The molecule has 0 aliphatic carbocycles. The molecule has 2 unspecified atom stereocenters. The molecule has 1 fully saturated rings. The summed E-state index contributed by atoms with van der Waals surface area (Å²) >= 11 is 6.29. The maximum absolute atomic E-state index is 13.9. The third-order valence-corrected chi connectivity index (χ3v) is 8.96. The highest BCUT2D eigenvalue weighted by Gasteiger charge is 2.34. The minimum Gasteiger partial charge on any atom is -0.350 e. The second kappa shape index (κ2) is 11.6. The predicted octanol–water partition coefficient (Wildman–Crippen LogP) is 3.95. The molecule has 4 bridgehead atoms. The molecule has 1 saturated heterocycles. The van der Waals surface area contributed by atoms with E-state index in [1.54, 1.807) is 6.08 Å². The van der Waals surface area contributed by atoms with Gasteiger partial charge in [-0.05, 0) is 62.1 Å². The molecule has 0 radical (unpaired) electrons. The van der Waals surface area contributed by atoms with E-state index in [0.717, 1.165) is 28.6 Å². The van der Waals surface area contributed by atoms with Crippen LogP contribution in [-0.4, -0.2) is 56.9 Å². The fourth-order valence-electron chi connectivity index (χ4n) is 4.60. The van der Waals surface area contributed by atoms with Crippen molar-refractivity contribution in [3.05, 3.63) is 70.8 Å². The van der Waals surface area contributed by atoms with Crippen LogP contribution in [0.2, 0.25) is 5.02 Å². The second-order valence-electron chi connectivity index (χ2n) is 9.48. The normalized spacial score (nSPS) is 23.6. The number of halogens is 4. The number of rotatable bonds is 1. The highest BCUT2D eigenvalue weighted by molar-refractivity contribution is 7.93. The van der Waals surface area contributed by atoms with Crippen LogP contribution in [0.25, 0.3) is 0 Å². The minimum absolute atomic E-state index is 0.0468. The van der Waals surface area contributed by atoms with Gasteiger partial charge in [0, 0.05) is 24.7 Å². The smallest absolute Gasteiger partial charge is 0.350 e. The average molecular weight is 585 g/mol. The number of benzene rings is 2. The molecule has 3 N–H and O–H groups in total. The molecule has 210 valence electrons. The van der Waals surface area contributed by atoms with Crippen molar-refractivity contribution < 1.29 is 31.2 Å². The number of allylic oxidation sites excluding steroid dienone is 1. The molecule has 2 aliphatic heterocycles. The number of alkyl halides is 3. The van der Waals surface area contributed by atoms with Gasteiger partial charge < -0.3 is 16.0 Å². The van der Waals surface area contributed by atoms with Crippen molar-refractivity contribution in [1.29, 1.82) is 0 Å². The summed E-state index contributed by atoms with van der Waals surface area (Å²) in [5.74, 6) is -0.810. The van der Waals surface area contributed by atoms with E-state index in [9.17, 15) is 31.2 Å². The van der Waals surface area contributed by atoms with Gasteiger partial charge in [-0.15, -0.1) is 0 Å². The van der Waals surface area contributed by atoms with Gasteiger partial charge in [-0.25, -0.2) is 8.42 Å². The molecule has 13 heteroatoms. The van der Waals surface area contributed by atoms with E-state index in [1.807, 2.05) is 0 Å². The van der Waals surface area contributed by atoms with E-state index in [1.165, 1.54) is 29.2 Å². The summed E-state index contributed by atoms with van der Waals surface area (Å²) < 4.78 is 68.9. The Balaban J connectivity index is 1.81. The number of carbonyl (C=O) groups is 2. The van der Waals surface area contributed by atoms with Gasteiger partial charge in [0.2, 0.25) is 5.91 Å². The van der Waals surface area contributed by atoms with Crippen LogP contribution < -0.4 is 15.4 Å². The van der Waals surface area contributed by atoms with E-state index in [-0.39, 0.29) is 47.7 Å². The first-order chi connectivity index (χ1) is 18.4. The summed E-state index contributed by atoms with van der Waals surface area (Å²) in [5.41, 5.74) is 4.83. The lowest BCUT2D eigenvalue weighted by Gasteiger charge is -2.34. The first kappa shape index (κ1) is 28.9. The van der Waals surface area contributed by atoms with Crippen molar-refractivity contribution in [3.8, 4) is 0 Å². The van der Waals surface area contributed by atoms with Crippen LogP contribution in [0.15, 0.2) is 59.5 Å². The number of sulfonamides is 1. The highest BCUT2D eigenvalue weighted by atomic mass is 35.5. The van der Waals surface area contributed by atoms with Crippen molar-refractivity contribution in [2.24, 2.45) is 5.73 Å². The summed E-state index contributed by atoms with van der Waals surface area (Å²) in [5, 5.41) is 2.71. The van der Waals surface area contributed by atoms with Crippen LogP contribution in [0.5, 0.6) is 0 Å². The summed E-state index contributed by atoms with van der Waals surface area (Å²) in [6.07, 6.45) is 0.274. The number of carbonyl (C=O) groups excluding carboxylic acids is 2. The second-order valence-corrected chi connectivity index (χ2v) is 11.7. The monoisotopic (exact) mass is 584 g/mol. The Bertz CT molecular complexity index is 1380. The zero-order chi connectivity index (χ0) is 28.4. The van der Waals surface area contributed by atoms with E-state index < -0.39 is 38.6 Å². The standard InChI is InChI=1S/C26H28ClF3N4O4S/c27-21-11-10-17-14-23(21)39(37,38)34(20-8-4-6-18(15-20)26(28,29)30)13-3-1-2-9-22(31)24(35)32-19-7-5-12-33(16-19)25(17)36/h1,3-4,6,8,10-11,14-15,19,22H,2,5,7,9,12-13,16,31H2,(H,32,35)/b3-1+. The molecule has 2 amide bonds. The van der Waals surface area contributed by atoms with Gasteiger partial charge in [0.1, 0.15) is 4.90 Å². The number of anilines is 1. The first-order valence-electron chi connectivity index (χ1n) is 12.4. The lowest BCUT2D eigenvalue weighted by Crippen LogP contribution is -2.53. The number of hydrogen-bond donors (Lipinski definition) is 2. The number of amides is 2. The van der Waals surface area contributed by atoms with Crippen molar-refractivity contribution in [2.75, 3.05) is 23.9 Å². The minimum atomic E-state index is -4.69. The molecule has 2 atom stereocenters. The lowest BCUT2D eigenvalue weighted by atomic mass is 10.0. The zero-order valence-electron chi connectivity index (χ0n) is 20.8. The van der Waals surface area contributed by atoms with Crippen LogP contribution in [0.3, 0.4) is 0 Å². The van der Waals surface area contributed by atoms with Crippen LogP contribution in [0.4, 0.5) is 18.9 Å². The van der Waals surface area contributed by atoms with E-state index >= 15 is 0 Å². The number of nitrogens with one attached hydrogen (secondary N) is 1. The Morgan fingerprint density at radius 3 is 2.56 bits per heavy atom. The van der Waals surface area contributed by atoms with E-state index in [4.69, 9.17) is 17.3 Å². The van der Waals surface area contributed by atoms with Crippen LogP contribution in [-0.2, 0) is 21.0 Å². The van der Waals surface area contributed by atoms with E-state index in [2.05, 4.69) is 5.32 Å². The van der Waals surface area contributed by atoms with Crippen molar-refractivity contribution in [3.63, 3.8) is 0 Å². The number of nitrogens with zero attached hydrogens (tertiary/aromatic N) is 2. The molecule has 0 aromatic heterocycles. The summed E-state index contributed by atoms with van der Waals surface area (Å²) in [7, 11) is -4.52. The number of hydrogen-bond acceptors (Lipinski definition) is 5. The Kier molecular flexibility index (Phi) is 8.57. The molecule has 2 aromatic rings. The van der Waals surface area contributed by atoms with Gasteiger partial charge in [-0.3, -0.25) is 13.9 Å². The molecule has 8 nitrogen and oxygen atoms in total. The molecular weight excluding hydrogens is 557 g/mol. The van der Waals surface area contributed by atoms with Crippen molar-refractivity contribution >= 4 is 39.1 Å². The third-order valence-electron chi connectivity index (χ3n) is 6.68. The fourth-order valence-corrected chi connectivity index (χ4v) is 6.51. The van der Waals surface area contributed by atoms with Crippen LogP contribution >= 0.6 is 11.6 Å². The number of piperidine rings is 1. The van der Waals surface area contributed by atoms with Crippen molar-refractivity contribution in [1.82, 2.24) is 10.2 Å². The third kappa shape index (κ3) is 6.56. The summed E-state index contributed by atoms with van der Waals surface area (Å²) in [6, 6.07) is 6.63. The average Bonchev–Trinajstić information content (AvgIpc) is 2.89. The fraction of sp³-hybridized carbons (Fsp3) is 0.385. The number of nitrogens with two attached hydrogens (primary N) is 1. The Labute approximate surface area is 229 Å². The molecule has 2 aliphatic rings. The first-order valence-corrected chi connectivity index (χ1v) is 14.2. The molecule has 0 spiro atoms. The lowest BCUT2D eigenvalue weighted by molar-refractivity contribution is -0.137. The van der Waals surface area contributed by atoms with Gasteiger partial charge in [-0.1, -0.05) is 29.8 Å². The zero-order valence-corrected chi connectivity index (χ0v) is 22.4. The van der Waals surface area contributed by atoms with Crippen molar-refractivity contribution in [2.45, 2.75) is 48.8 Å². The quantitative estimate of drug-likeness (QED) is 0.493. The van der Waals surface area contributed by atoms with Crippen LogP contribution in [0, 0.1) is 0 Å². The van der Waals surface area contributed by atoms with Gasteiger partial charge in [0.15, 0.2) is 0 Å². The molecule has 4 rings (SSSR count). The Morgan fingerprint density at radius 2 is 1.82 bits per heavy atom. The van der Waals surface area contributed by atoms with Crippen LogP contribution in [0.1, 0.15) is 41.6 Å². The SMILES string of the molecule is NC1CC/C=C/CN(c2cccc(C(F)(F)F)c2)S(=O)(=O)c2cc(ccc2Cl)C(=O)N2CCCC(C2)NC1=O. The largest absolute Gasteiger partial charge is 0.416 e. The Hall–Kier alpha value is -3.09. The molecular formula is C26H28ClF3N4O4S. The predicted molar refractivity (Wildman–Crippen MR) is 141 cm³/mol. The van der Waals surface area contributed by atoms with Gasteiger partial charge in [-0.2, -0.15) is 13.2 Å². The molecule has 0 saturated carbocycles. The summed E-state index contributed by atoms with van der Waals surface area (Å²) in [4.78, 5) is 27.1. The maximum atomic E-state index is 13.9. The molecule has 2 aromatic carbocycles. The van der Waals surface area contributed by atoms with Gasteiger partial charge in [0.05, 0.1) is 28.9 Å². The maximum Gasteiger partial charge on any atom is 0.416 e.